The van der Waals surface area contributed by atoms with Crippen LogP contribution in [0.2, 0.25) is 0 Å². The fraction of sp³-hybridized carbons (Fsp3) is 0.115. The van der Waals surface area contributed by atoms with Gasteiger partial charge in [-0.05, 0) is 60.5 Å². The van der Waals surface area contributed by atoms with E-state index < -0.39 is 0 Å². The second kappa shape index (κ2) is 8.96. The molecule has 33 heavy (non-hydrogen) atoms. The Morgan fingerprint density at radius 1 is 0.970 bits per heavy atom. The number of hydrogen-bond donors (Lipinski definition) is 0. The zero-order chi connectivity index (χ0) is 22.8. The second-order valence-corrected chi connectivity index (χ2v) is 8.53. The molecular weight excluding hydrogens is 434 g/mol. The minimum Gasteiger partial charge on any atom is -0.497 e. The van der Waals surface area contributed by atoms with Crippen LogP contribution < -0.4 is 10.4 Å². The van der Waals surface area contributed by atoms with E-state index in [-0.39, 0.29) is 5.63 Å². The molecule has 0 spiro atoms. The Hall–Kier alpha value is -3.84. The number of benzene rings is 3. The van der Waals surface area contributed by atoms with E-state index in [2.05, 4.69) is 10.2 Å². The van der Waals surface area contributed by atoms with Crippen molar-refractivity contribution in [3.8, 4) is 22.8 Å². The van der Waals surface area contributed by atoms with Crippen LogP contribution in [0.3, 0.4) is 0 Å². The highest BCUT2D eigenvalue weighted by Crippen LogP contribution is 2.31. The first-order chi connectivity index (χ1) is 16.1. The summed E-state index contributed by atoms with van der Waals surface area (Å²) in [6.45, 7) is 1.98. The van der Waals surface area contributed by atoms with Crippen LogP contribution >= 0.6 is 11.8 Å². The van der Waals surface area contributed by atoms with Crippen LogP contribution in [0, 0.1) is 6.92 Å². The van der Waals surface area contributed by atoms with Gasteiger partial charge < -0.3 is 9.15 Å². The van der Waals surface area contributed by atoms with Gasteiger partial charge in [-0.25, -0.2) is 4.79 Å². The number of methoxy groups -OCH3 is 1. The quantitative estimate of drug-likeness (QED) is 0.243. The summed E-state index contributed by atoms with van der Waals surface area (Å²) in [5.41, 5.74) is 4.08. The fourth-order valence-electron chi connectivity index (χ4n) is 3.70. The number of para-hydroxylation sites is 1. The molecule has 3 aromatic carbocycles. The highest BCUT2D eigenvalue weighted by Gasteiger charge is 2.17. The Morgan fingerprint density at radius 3 is 2.52 bits per heavy atom. The van der Waals surface area contributed by atoms with Crippen molar-refractivity contribution in [2.24, 2.45) is 0 Å². The van der Waals surface area contributed by atoms with Gasteiger partial charge in [-0.2, -0.15) is 0 Å². The number of ether oxygens (including phenoxy) is 1. The van der Waals surface area contributed by atoms with E-state index >= 15 is 0 Å². The largest absolute Gasteiger partial charge is 0.497 e. The predicted molar refractivity (Wildman–Crippen MR) is 130 cm³/mol. The third-order valence-electron chi connectivity index (χ3n) is 5.34. The minimum atomic E-state index is -0.354. The van der Waals surface area contributed by atoms with E-state index in [1.165, 1.54) is 11.8 Å². The van der Waals surface area contributed by atoms with Crippen molar-refractivity contribution in [1.82, 2.24) is 14.8 Å². The van der Waals surface area contributed by atoms with E-state index in [9.17, 15) is 4.79 Å². The monoisotopic (exact) mass is 455 g/mol. The summed E-state index contributed by atoms with van der Waals surface area (Å²) in [7, 11) is 1.64. The second-order valence-electron chi connectivity index (χ2n) is 7.58. The first kappa shape index (κ1) is 21.0. The van der Waals surface area contributed by atoms with Gasteiger partial charge in [0.25, 0.3) is 0 Å². The van der Waals surface area contributed by atoms with Gasteiger partial charge in [0.05, 0.1) is 7.11 Å². The molecule has 0 atom stereocenters. The summed E-state index contributed by atoms with van der Waals surface area (Å²) in [5.74, 6) is 2.07. The Morgan fingerprint density at radius 2 is 1.76 bits per heavy atom. The summed E-state index contributed by atoms with van der Waals surface area (Å²) >= 11 is 1.53. The molecule has 164 valence electrons. The molecule has 5 aromatic rings. The summed E-state index contributed by atoms with van der Waals surface area (Å²) in [5, 5.41) is 10.6. The molecule has 0 saturated carbocycles. The van der Waals surface area contributed by atoms with Crippen molar-refractivity contribution in [2.75, 3.05) is 7.11 Å². The zero-order valence-electron chi connectivity index (χ0n) is 18.2. The normalized spacial score (nSPS) is 11.1. The van der Waals surface area contributed by atoms with E-state index in [0.29, 0.717) is 11.3 Å². The van der Waals surface area contributed by atoms with Crippen LogP contribution in [0.4, 0.5) is 0 Å². The molecule has 0 radical (unpaired) electrons. The summed E-state index contributed by atoms with van der Waals surface area (Å²) in [4.78, 5) is 12.1. The number of aryl methyl sites for hydroxylation is 1. The fourth-order valence-corrected chi connectivity index (χ4v) is 4.64. The summed E-state index contributed by atoms with van der Waals surface area (Å²) in [6, 6.07) is 25.2. The first-order valence-corrected chi connectivity index (χ1v) is 11.4. The van der Waals surface area contributed by atoms with Crippen LogP contribution in [0.1, 0.15) is 11.1 Å². The average Bonchev–Trinajstić information content (AvgIpc) is 3.26. The van der Waals surface area contributed by atoms with E-state index in [1.807, 2.05) is 84.3 Å². The molecule has 2 heterocycles. The SMILES string of the molecule is COc1ccc(-c2nnc(SCc3cc(=O)oc4cc(C)ccc34)n2-c2ccccc2)cc1. The maximum Gasteiger partial charge on any atom is 0.336 e. The number of rotatable bonds is 6. The van der Waals surface area contributed by atoms with Crippen LogP contribution in [-0.4, -0.2) is 21.9 Å². The number of aromatic nitrogens is 3. The lowest BCUT2D eigenvalue weighted by molar-refractivity contribution is 0.415. The molecule has 5 rings (SSSR count). The first-order valence-electron chi connectivity index (χ1n) is 10.4. The molecule has 0 unspecified atom stereocenters. The molecule has 0 saturated heterocycles. The van der Waals surface area contributed by atoms with Crippen LogP contribution in [0.15, 0.2) is 93.2 Å². The topological polar surface area (TPSA) is 70.2 Å². The van der Waals surface area contributed by atoms with E-state index in [1.54, 1.807) is 13.2 Å². The van der Waals surface area contributed by atoms with Gasteiger partial charge in [-0.15, -0.1) is 10.2 Å². The molecule has 0 N–H and O–H groups in total. The zero-order valence-corrected chi connectivity index (χ0v) is 19.0. The summed E-state index contributed by atoms with van der Waals surface area (Å²) < 4.78 is 12.7. The Balaban J connectivity index is 1.55. The van der Waals surface area contributed by atoms with Gasteiger partial charge in [0.2, 0.25) is 0 Å². The molecule has 0 aliphatic rings. The molecule has 6 nitrogen and oxygen atoms in total. The van der Waals surface area contributed by atoms with Gasteiger partial charge in [0.1, 0.15) is 11.3 Å². The standard InChI is InChI=1S/C26H21N3O3S/c1-17-8-13-22-19(15-24(30)32-23(22)14-17)16-33-26-28-27-25(18-9-11-21(31-2)12-10-18)29(26)20-6-4-3-5-7-20/h3-15H,16H2,1-2H3. The summed E-state index contributed by atoms with van der Waals surface area (Å²) in [6.07, 6.45) is 0. The van der Waals surface area contributed by atoms with Gasteiger partial charge in [0.15, 0.2) is 11.0 Å². The molecule has 7 heteroatoms. The third kappa shape index (κ3) is 4.27. The predicted octanol–water partition coefficient (Wildman–Crippen LogP) is 5.65. The lowest BCUT2D eigenvalue weighted by Gasteiger charge is -2.11. The van der Waals surface area contributed by atoms with Crippen molar-refractivity contribution in [2.45, 2.75) is 17.8 Å². The maximum absolute atomic E-state index is 12.1. The lowest BCUT2D eigenvalue weighted by Crippen LogP contribution is -2.02. The Kier molecular flexibility index (Phi) is 5.71. The number of nitrogens with zero attached hydrogens (tertiary/aromatic N) is 3. The van der Waals surface area contributed by atoms with Gasteiger partial charge in [-0.3, -0.25) is 4.57 Å². The maximum atomic E-state index is 12.1. The highest BCUT2D eigenvalue weighted by molar-refractivity contribution is 7.98. The Labute approximate surface area is 194 Å². The van der Waals surface area contributed by atoms with Crippen molar-refractivity contribution < 1.29 is 9.15 Å². The van der Waals surface area contributed by atoms with Crippen LogP contribution in [0.5, 0.6) is 5.75 Å². The van der Waals surface area contributed by atoms with Gasteiger partial charge >= 0.3 is 5.63 Å². The highest BCUT2D eigenvalue weighted by atomic mass is 32.2. The van der Waals surface area contributed by atoms with Gasteiger partial charge in [0, 0.05) is 28.5 Å². The van der Waals surface area contributed by atoms with E-state index in [0.717, 1.165) is 44.5 Å². The molecule has 0 fully saturated rings. The Bertz CT molecular complexity index is 1470. The smallest absolute Gasteiger partial charge is 0.336 e. The third-order valence-corrected chi connectivity index (χ3v) is 6.32. The van der Waals surface area contributed by atoms with Crippen molar-refractivity contribution in [3.63, 3.8) is 0 Å². The van der Waals surface area contributed by atoms with Crippen LogP contribution in [0.25, 0.3) is 28.0 Å². The molecule has 0 bridgehead atoms. The molecule has 0 aliphatic carbocycles. The minimum absolute atomic E-state index is 0.354. The number of fused-ring (bicyclic) bond motifs is 1. The molecular formula is C26H21N3O3S. The molecule has 0 amide bonds. The average molecular weight is 456 g/mol. The van der Waals surface area contributed by atoms with E-state index in [4.69, 9.17) is 9.15 Å². The number of thioether (sulfide) groups is 1. The van der Waals surface area contributed by atoms with Crippen LogP contribution in [-0.2, 0) is 5.75 Å². The molecule has 0 aliphatic heterocycles. The molecule has 2 aromatic heterocycles. The number of hydrogen-bond acceptors (Lipinski definition) is 6. The van der Waals surface area contributed by atoms with Crippen molar-refractivity contribution in [1.29, 1.82) is 0 Å². The lowest BCUT2D eigenvalue weighted by atomic mass is 10.1. The van der Waals surface area contributed by atoms with Gasteiger partial charge in [-0.1, -0.05) is 42.1 Å². The van der Waals surface area contributed by atoms with Crippen molar-refractivity contribution in [3.05, 3.63) is 100 Å². The van der Waals surface area contributed by atoms with Crippen molar-refractivity contribution >= 4 is 22.7 Å².